The SMILES string of the molecule is CCOC1CC=CC=C1CC. The number of ether oxygens (including phenoxy) is 1. The van der Waals surface area contributed by atoms with Gasteiger partial charge in [-0.05, 0) is 25.3 Å². The van der Waals surface area contributed by atoms with Crippen LogP contribution >= 0.6 is 0 Å². The summed E-state index contributed by atoms with van der Waals surface area (Å²) in [5.74, 6) is 0. The molecule has 0 spiro atoms. The Balaban J connectivity index is 2.52. The monoisotopic (exact) mass is 152 g/mol. The highest BCUT2D eigenvalue weighted by Crippen LogP contribution is 2.18. The predicted molar refractivity (Wildman–Crippen MR) is 47.5 cm³/mol. The van der Waals surface area contributed by atoms with Crippen LogP contribution < -0.4 is 0 Å². The summed E-state index contributed by atoms with van der Waals surface area (Å²) in [7, 11) is 0. The lowest BCUT2D eigenvalue weighted by molar-refractivity contribution is 0.0875. The average Bonchev–Trinajstić information content (AvgIpc) is 2.06. The van der Waals surface area contributed by atoms with E-state index in [-0.39, 0.29) is 0 Å². The van der Waals surface area contributed by atoms with E-state index >= 15 is 0 Å². The van der Waals surface area contributed by atoms with Gasteiger partial charge in [-0.15, -0.1) is 0 Å². The number of hydrogen-bond donors (Lipinski definition) is 0. The lowest BCUT2D eigenvalue weighted by Gasteiger charge is -2.20. The summed E-state index contributed by atoms with van der Waals surface area (Å²) in [6, 6.07) is 0. The second-order valence-corrected chi connectivity index (χ2v) is 2.70. The van der Waals surface area contributed by atoms with Crippen LogP contribution in [0.25, 0.3) is 0 Å². The van der Waals surface area contributed by atoms with Crippen LogP contribution in [0.4, 0.5) is 0 Å². The quantitative estimate of drug-likeness (QED) is 0.604. The lowest BCUT2D eigenvalue weighted by atomic mass is 9.99. The second kappa shape index (κ2) is 4.35. The summed E-state index contributed by atoms with van der Waals surface area (Å²) >= 11 is 0. The van der Waals surface area contributed by atoms with Crippen molar-refractivity contribution in [3.05, 3.63) is 23.8 Å². The molecule has 0 radical (unpaired) electrons. The zero-order valence-corrected chi connectivity index (χ0v) is 7.34. The molecule has 0 aromatic carbocycles. The molecule has 0 fully saturated rings. The molecule has 1 unspecified atom stereocenters. The van der Waals surface area contributed by atoms with Crippen molar-refractivity contribution in [2.24, 2.45) is 0 Å². The maximum absolute atomic E-state index is 5.57. The van der Waals surface area contributed by atoms with Gasteiger partial charge in [0.15, 0.2) is 0 Å². The van der Waals surface area contributed by atoms with Crippen molar-refractivity contribution in [1.82, 2.24) is 0 Å². The van der Waals surface area contributed by atoms with E-state index < -0.39 is 0 Å². The maximum atomic E-state index is 5.57. The zero-order chi connectivity index (χ0) is 8.10. The molecule has 0 N–H and O–H groups in total. The van der Waals surface area contributed by atoms with Crippen LogP contribution in [-0.4, -0.2) is 12.7 Å². The van der Waals surface area contributed by atoms with E-state index in [1.54, 1.807) is 0 Å². The largest absolute Gasteiger partial charge is 0.374 e. The van der Waals surface area contributed by atoms with Crippen molar-refractivity contribution >= 4 is 0 Å². The summed E-state index contributed by atoms with van der Waals surface area (Å²) in [6.07, 6.45) is 8.97. The molecule has 1 heteroatoms. The Morgan fingerprint density at radius 2 is 2.36 bits per heavy atom. The predicted octanol–water partition coefficient (Wildman–Crippen LogP) is 2.69. The van der Waals surface area contributed by atoms with Gasteiger partial charge in [0.25, 0.3) is 0 Å². The van der Waals surface area contributed by atoms with E-state index in [0.29, 0.717) is 6.10 Å². The molecule has 0 aliphatic heterocycles. The summed E-state index contributed by atoms with van der Waals surface area (Å²) in [6.45, 7) is 5.04. The van der Waals surface area contributed by atoms with E-state index in [0.717, 1.165) is 19.4 Å². The van der Waals surface area contributed by atoms with Crippen molar-refractivity contribution in [3.63, 3.8) is 0 Å². The third kappa shape index (κ3) is 2.19. The fraction of sp³-hybridized carbons (Fsp3) is 0.600. The first kappa shape index (κ1) is 8.54. The fourth-order valence-corrected chi connectivity index (χ4v) is 1.37. The van der Waals surface area contributed by atoms with Crippen LogP contribution in [0.2, 0.25) is 0 Å². The van der Waals surface area contributed by atoms with Crippen molar-refractivity contribution in [2.45, 2.75) is 32.8 Å². The highest BCUT2D eigenvalue weighted by molar-refractivity contribution is 5.21. The summed E-state index contributed by atoms with van der Waals surface area (Å²) in [5, 5.41) is 0. The van der Waals surface area contributed by atoms with Gasteiger partial charge in [-0.25, -0.2) is 0 Å². The molecule has 0 heterocycles. The van der Waals surface area contributed by atoms with Gasteiger partial charge in [0.05, 0.1) is 6.10 Å². The highest BCUT2D eigenvalue weighted by Gasteiger charge is 2.12. The maximum Gasteiger partial charge on any atom is 0.0822 e. The molecule has 1 nitrogen and oxygen atoms in total. The molecule has 0 amide bonds. The molecule has 0 aromatic rings. The fourth-order valence-electron chi connectivity index (χ4n) is 1.37. The topological polar surface area (TPSA) is 9.23 Å². The highest BCUT2D eigenvalue weighted by atomic mass is 16.5. The minimum Gasteiger partial charge on any atom is -0.374 e. The molecule has 0 saturated carbocycles. The van der Waals surface area contributed by atoms with Crippen LogP contribution in [0.3, 0.4) is 0 Å². The molecule has 0 saturated heterocycles. The molecular formula is C10H16O. The average molecular weight is 152 g/mol. The third-order valence-electron chi connectivity index (χ3n) is 1.99. The molecule has 1 aliphatic carbocycles. The van der Waals surface area contributed by atoms with E-state index in [1.807, 2.05) is 6.92 Å². The first-order valence-corrected chi connectivity index (χ1v) is 4.35. The summed E-state index contributed by atoms with van der Waals surface area (Å²) in [5.41, 5.74) is 1.43. The van der Waals surface area contributed by atoms with E-state index in [4.69, 9.17) is 4.74 Å². The minimum atomic E-state index is 0.356. The molecule has 0 aromatic heterocycles. The third-order valence-corrected chi connectivity index (χ3v) is 1.99. The molecule has 1 atom stereocenters. The van der Waals surface area contributed by atoms with E-state index in [9.17, 15) is 0 Å². The number of rotatable bonds is 3. The van der Waals surface area contributed by atoms with Gasteiger partial charge in [0, 0.05) is 6.61 Å². The van der Waals surface area contributed by atoms with Crippen molar-refractivity contribution in [3.8, 4) is 0 Å². The summed E-state index contributed by atoms with van der Waals surface area (Å²) in [4.78, 5) is 0. The Kier molecular flexibility index (Phi) is 3.37. The Bertz CT molecular complexity index is 168. The van der Waals surface area contributed by atoms with Crippen LogP contribution in [0.5, 0.6) is 0 Å². The normalized spacial score (nSPS) is 23.5. The minimum absolute atomic E-state index is 0.356. The molecule has 1 aliphatic rings. The Labute approximate surface area is 68.8 Å². The Hall–Kier alpha value is -0.560. The van der Waals surface area contributed by atoms with Crippen LogP contribution in [-0.2, 0) is 4.74 Å². The zero-order valence-electron chi connectivity index (χ0n) is 7.34. The van der Waals surface area contributed by atoms with Crippen molar-refractivity contribution < 1.29 is 4.74 Å². The second-order valence-electron chi connectivity index (χ2n) is 2.70. The van der Waals surface area contributed by atoms with Gasteiger partial charge < -0.3 is 4.74 Å². The molecular weight excluding hydrogens is 136 g/mol. The molecule has 62 valence electrons. The lowest BCUT2D eigenvalue weighted by Crippen LogP contribution is -2.16. The van der Waals surface area contributed by atoms with Gasteiger partial charge >= 0.3 is 0 Å². The molecule has 11 heavy (non-hydrogen) atoms. The van der Waals surface area contributed by atoms with Crippen LogP contribution in [0, 0.1) is 0 Å². The van der Waals surface area contributed by atoms with Gasteiger partial charge in [0.2, 0.25) is 0 Å². The first-order valence-electron chi connectivity index (χ1n) is 4.35. The van der Waals surface area contributed by atoms with E-state index in [2.05, 4.69) is 25.2 Å². The van der Waals surface area contributed by atoms with Gasteiger partial charge in [-0.3, -0.25) is 0 Å². The molecule has 1 rings (SSSR count). The Morgan fingerprint density at radius 1 is 1.55 bits per heavy atom. The summed E-state index contributed by atoms with van der Waals surface area (Å²) < 4.78 is 5.57. The standard InChI is InChI=1S/C10H16O/c1-3-9-7-5-6-8-10(9)11-4-2/h5-7,10H,3-4,8H2,1-2H3. The van der Waals surface area contributed by atoms with E-state index in [1.165, 1.54) is 5.57 Å². The Morgan fingerprint density at radius 3 is 3.00 bits per heavy atom. The van der Waals surface area contributed by atoms with Crippen LogP contribution in [0.1, 0.15) is 26.7 Å². The molecule has 0 bridgehead atoms. The van der Waals surface area contributed by atoms with Gasteiger partial charge in [0.1, 0.15) is 0 Å². The smallest absolute Gasteiger partial charge is 0.0822 e. The van der Waals surface area contributed by atoms with Crippen molar-refractivity contribution in [1.29, 1.82) is 0 Å². The van der Waals surface area contributed by atoms with Gasteiger partial charge in [-0.2, -0.15) is 0 Å². The number of hydrogen-bond acceptors (Lipinski definition) is 1. The van der Waals surface area contributed by atoms with Gasteiger partial charge in [-0.1, -0.05) is 25.2 Å². The van der Waals surface area contributed by atoms with Crippen molar-refractivity contribution in [2.75, 3.05) is 6.61 Å². The van der Waals surface area contributed by atoms with Crippen LogP contribution in [0.15, 0.2) is 23.8 Å². The number of allylic oxidation sites excluding steroid dienone is 2. The first-order chi connectivity index (χ1) is 5.38.